The average Bonchev–Trinajstić information content (AvgIpc) is 2.87. The highest BCUT2D eigenvalue weighted by Crippen LogP contribution is 2.34. The summed E-state index contributed by atoms with van der Waals surface area (Å²) >= 11 is 6.35. The normalized spacial score (nSPS) is 14.4. The van der Waals surface area contributed by atoms with E-state index in [0.29, 0.717) is 17.1 Å². The topological polar surface area (TPSA) is 96.5 Å². The summed E-state index contributed by atoms with van der Waals surface area (Å²) in [6.45, 7) is 5.24. The van der Waals surface area contributed by atoms with Gasteiger partial charge in [0.15, 0.2) is 15.7 Å². The van der Waals surface area contributed by atoms with Crippen molar-refractivity contribution >= 4 is 50.2 Å². The Balaban J connectivity index is 1.60. The predicted molar refractivity (Wildman–Crippen MR) is 145 cm³/mol. The zero-order valence-corrected chi connectivity index (χ0v) is 22.3. The van der Waals surface area contributed by atoms with Gasteiger partial charge < -0.3 is 20.3 Å². The maximum Gasteiger partial charge on any atom is 0.229 e. The van der Waals surface area contributed by atoms with Crippen molar-refractivity contribution in [3.8, 4) is 5.75 Å². The molecule has 0 saturated heterocycles. The van der Waals surface area contributed by atoms with Crippen LogP contribution in [0.1, 0.15) is 25.8 Å². The molecule has 8 nitrogen and oxygen atoms in total. The number of aromatic nitrogens is 2. The first-order valence-electron chi connectivity index (χ1n) is 11.6. The second-order valence-electron chi connectivity index (χ2n) is 8.89. The zero-order valence-electron chi connectivity index (χ0n) is 20.7. The Kier molecular flexibility index (Phi) is 7.82. The van der Waals surface area contributed by atoms with Crippen LogP contribution in [0.2, 0.25) is 5.02 Å². The van der Waals surface area contributed by atoms with Crippen LogP contribution in [0.3, 0.4) is 0 Å². The molecule has 0 aliphatic carbocycles. The molecule has 2 aromatic carbocycles. The van der Waals surface area contributed by atoms with Gasteiger partial charge in [-0.1, -0.05) is 35.9 Å². The fourth-order valence-electron chi connectivity index (χ4n) is 3.86. The molecule has 0 fully saturated rings. The molecule has 190 valence electrons. The van der Waals surface area contributed by atoms with Gasteiger partial charge >= 0.3 is 0 Å². The monoisotopic (exact) mass is 527 g/mol. The van der Waals surface area contributed by atoms with E-state index in [2.05, 4.69) is 38.6 Å². The third-order valence-corrected chi connectivity index (χ3v) is 8.53. The lowest BCUT2D eigenvalue weighted by atomic mass is 9.99. The van der Waals surface area contributed by atoms with Crippen molar-refractivity contribution in [2.24, 2.45) is 0 Å². The third-order valence-electron chi connectivity index (χ3n) is 6.04. The zero-order chi connectivity index (χ0) is 25.9. The second kappa shape index (κ2) is 10.9. The molecule has 0 unspecified atom stereocenters. The molecular formula is C26H30ClN5O3S. The minimum Gasteiger partial charge on any atom is -0.495 e. The Labute approximate surface area is 217 Å². The van der Waals surface area contributed by atoms with Gasteiger partial charge in [-0.3, -0.25) is 0 Å². The number of likely N-dealkylation sites (N-methyl/N-ethyl adjacent to an activating group) is 1. The van der Waals surface area contributed by atoms with Crippen LogP contribution in [-0.4, -0.2) is 55.8 Å². The Morgan fingerprint density at radius 2 is 1.89 bits per heavy atom. The lowest BCUT2D eigenvalue weighted by Crippen LogP contribution is -2.23. The highest BCUT2D eigenvalue weighted by molar-refractivity contribution is 7.92. The summed E-state index contributed by atoms with van der Waals surface area (Å²) in [4.78, 5) is 11.2. The van der Waals surface area contributed by atoms with E-state index in [1.54, 1.807) is 45.2 Å². The van der Waals surface area contributed by atoms with Gasteiger partial charge in [-0.15, -0.1) is 0 Å². The summed E-state index contributed by atoms with van der Waals surface area (Å²) in [5.74, 6) is 1.23. The average molecular weight is 528 g/mol. The number of sulfone groups is 1. The van der Waals surface area contributed by atoms with Crippen molar-refractivity contribution in [2.45, 2.75) is 30.4 Å². The smallest absolute Gasteiger partial charge is 0.229 e. The van der Waals surface area contributed by atoms with E-state index in [4.69, 9.17) is 16.3 Å². The van der Waals surface area contributed by atoms with E-state index in [9.17, 15) is 8.42 Å². The highest BCUT2D eigenvalue weighted by atomic mass is 35.5. The molecule has 0 saturated carbocycles. The first kappa shape index (κ1) is 25.9. The summed E-state index contributed by atoms with van der Waals surface area (Å²) in [5, 5.41) is 5.94. The molecule has 0 bridgehead atoms. The third kappa shape index (κ3) is 5.64. The number of anilines is 4. The molecule has 10 heteroatoms. The molecule has 0 atom stereocenters. The van der Waals surface area contributed by atoms with Crippen LogP contribution in [0, 0.1) is 0 Å². The first-order chi connectivity index (χ1) is 17.2. The summed E-state index contributed by atoms with van der Waals surface area (Å²) < 4.78 is 31.3. The second-order valence-corrected chi connectivity index (χ2v) is 11.8. The number of rotatable bonds is 8. The molecule has 2 heterocycles. The number of ether oxygens (including phenoxy) is 1. The molecule has 1 aliphatic rings. The van der Waals surface area contributed by atoms with E-state index in [0.717, 1.165) is 25.1 Å². The van der Waals surface area contributed by atoms with Crippen LogP contribution in [0.15, 0.2) is 59.6 Å². The first-order valence-corrected chi connectivity index (χ1v) is 13.6. The fraction of sp³-hybridized carbons (Fsp3) is 0.308. The molecule has 1 aliphatic heterocycles. The molecule has 4 rings (SSSR count). The van der Waals surface area contributed by atoms with E-state index >= 15 is 0 Å². The van der Waals surface area contributed by atoms with Crippen LogP contribution in [-0.2, 0) is 9.84 Å². The summed E-state index contributed by atoms with van der Waals surface area (Å²) in [7, 11) is 0.216. The van der Waals surface area contributed by atoms with Crippen LogP contribution < -0.4 is 15.4 Å². The number of para-hydroxylation sites is 1. The van der Waals surface area contributed by atoms with Crippen molar-refractivity contribution in [1.29, 1.82) is 0 Å². The van der Waals surface area contributed by atoms with Crippen LogP contribution >= 0.6 is 11.6 Å². The largest absolute Gasteiger partial charge is 0.495 e. The quantitative estimate of drug-likeness (QED) is 0.395. The van der Waals surface area contributed by atoms with Gasteiger partial charge in [-0.2, -0.15) is 4.98 Å². The number of nitrogens with one attached hydrogen (secondary N) is 2. The number of hydrogen-bond donors (Lipinski definition) is 2. The van der Waals surface area contributed by atoms with Gasteiger partial charge in [0, 0.05) is 13.1 Å². The molecule has 0 radical (unpaired) electrons. The van der Waals surface area contributed by atoms with Gasteiger partial charge in [0.25, 0.3) is 0 Å². The predicted octanol–water partition coefficient (Wildman–Crippen LogP) is 5.53. The minimum atomic E-state index is -3.51. The van der Waals surface area contributed by atoms with Crippen molar-refractivity contribution in [1.82, 2.24) is 14.9 Å². The van der Waals surface area contributed by atoms with Gasteiger partial charge in [-0.25, -0.2) is 13.4 Å². The van der Waals surface area contributed by atoms with E-state index < -0.39 is 15.1 Å². The van der Waals surface area contributed by atoms with Crippen molar-refractivity contribution in [2.75, 3.05) is 37.9 Å². The van der Waals surface area contributed by atoms with E-state index in [1.165, 1.54) is 11.8 Å². The van der Waals surface area contributed by atoms with Gasteiger partial charge in [0.05, 0.1) is 34.8 Å². The Morgan fingerprint density at radius 1 is 1.11 bits per heavy atom. The molecule has 2 N–H and O–H groups in total. The summed E-state index contributed by atoms with van der Waals surface area (Å²) in [6.07, 6.45) is 4.68. The molecular weight excluding hydrogens is 498 g/mol. The van der Waals surface area contributed by atoms with Gasteiger partial charge in [0.2, 0.25) is 5.95 Å². The molecule has 0 spiro atoms. The van der Waals surface area contributed by atoms with Crippen LogP contribution in [0.4, 0.5) is 23.1 Å². The number of nitrogens with zero attached hydrogens (tertiary/aromatic N) is 3. The number of halogens is 1. The molecule has 1 aromatic heterocycles. The SMILES string of the molecule is COc1cc(C2=CCN(C)CC2)ccc1Nc1ncc(Cl)c(Nc2ccccc2S(=O)(=O)C(C)C)n1. The number of hydrogen-bond acceptors (Lipinski definition) is 8. The number of methoxy groups -OCH3 is 1. The summed E-state index contributed by atoms with van der Waals surface area (Å²) in [5.41, 5.74) is 3.51. The maximum absolute atomic E-state index is 12.8. The Bertz CT molecular complexity index is 1390. The van der Waals surface area contributed by atoms with Crippen molar-refractivity contribution in [3.63, 3.8) is 0 Å². The lowest BCUT2D eigenvalue weighted by molar-refractivity contribution is 0.370. The van der Waals surface area contributed by atoms with Crippen molar-refractivity contribution in [3.05, 3.63) is 65.3 Å². The van der Waals surface area contributed by atoms with Crippen molar-refractivity contribution < 1.29 is 13.2 Å². The van der Waals surface area contributed by atoms with Gasteiger partial charge in [-0.05, 0) is 62.7 Å². The molecule has 3 aromatic rings. The molecule has 36 heavy (non-hydrogen) atoms. The standard InChI is InChI=1S/C26H30ClN5O3S/c1-17(2)36(33,34)24-8-6-5-7-22(24)29-25-20(27)16-28-26(31-25)30-21-10-9-19(15-23(21)35-4)18-11-13-32(3)14-12-18/h5-11,15-17H,12-14H2,1-4H3,(H2,28,29,30,31). The van der Waals surface area contributed by atoms with E-state index in [-0.39, 0.29) is 21.7 Å². The lowest BCUT2D eigenvalue weighted by Gasteiger charge is -2.22. The minimum absolute atomic E-state index is 0.185. The van der Waals surface area contributed by atoms with Crippen LogP contribution in [0.25, 0.3) is 5.57 Å². The van der Waals surface area contributed by atoms with Gasteiger partial charge in [0.1, 0.15) is 10.8 Å². The summed E-state index contributed by atoms with van der Waals surface area (Å²) in [6, 6.07) is 12.7. The Hall–Kier alpha value is -3.14. The van der Waals surface area contributed by atoms with Crippen LogP contribution in [0.5, 0.6) is 5.75 Å². The maximum atomic E-state index is 12.8. The van der Waals surface area contributed by atoms with E-state index in [1.807, 2.05) is 18.2 Å². The molecule has 0 amide bonds. The Morgan fingerprint density at radius 3 is 2.58 bits per heavy atom. The highest BCUT2D eigenvalue weighted by Gasteiger charge is 2.23. The number of benzene rings is 2. The fourth-order valence-corrected chi connectivity index (χ4v) is 5.20.